The minimum atomic E-state index is -3.98. The molecule has 0 heterocycles. The summed E-state index contributed by atoms with van der Waals surface area (Å²) in [6.45, 7) is 6.81. The van der Waals surface area contributed by atoms with Crippen molar-refractivity contribution in [2.75, 3.05) is 6.61 Å². The Morgan fingerprint density at radius 1 is 1.40 bits per heavy atom. The van der Waals surface area contributed by atoms with Gasteiger partial charge in [-0.1, -0.05) is 50.2 Å². The van der Waals surface area contributed by atoms with Gasteiger partial charge in [-0.05, 0) is 17.5 Å². The smallest absolute Gasteiger partial charge is 0.421 e. The zero-order chi connectivity index (χ0) is 15.3. The van der Waals surface area contributed by atoms with Crippen molar-refractivity contribution < 1.29 is 17.9 Å². The van der Waals surface area contributed by atoms with E-state index < -0.39 is 16.1 Å². The second kappa shape index (κ2) is 6.76. The highest BCUT2D eigenvalue weighted by Crippen LogP contribution is 2.23. The SMILES string of the molecule is C=C(Cl)COC(=O)NS(=O)(=O)c1ccccc1C(C)C. The van der Waals surface area contributed by atoms with Crippen LogP contribution in [0.2, 0.25) is 0 Å². The van der Waals surface area contributed by atoms with Crippen LogP contribution in [0.15, 0.2) is 40.8 Å². The van der Waals surface area contributed by atoms with Gasteiger partial charge in [0.2, 0.25) is 0 Å². The Morgan fingerprint density at radius 3 is 2.55 bits per heavy atom. The van der Waals surface area contributed by atoms with E-state index in [1.165, 1.54) is 6.07 Å². The van der Waals surface area contributed by atoms with Crippen molar-refractivity contribution in [3.8, 4) is 0 Å². The van der Waals surface area contributed by atoms with E-state index in [0.29, 0.717) is 5.56 Å². The standard InChI is InChI=1S/C13H16ClNO4S/c1-9(2)11-6-4-5-7-12(11)20(17,18)15-13(16)19-8-10(3)14/h4-7,9H,3,8H2,1-2H3,(H,15,16). The van der Waals surface area contributed by atoms with Gasteiger partial charge < -0.3 is 4.74 Å². The Labute approximate surface area is 123 Å². The molecule has 1 aromatic carbocycles. The third-order valence-corrected chi connectivity index (χ3v) is 3.90. The Hall–Kier alpha value is -1.53. The van der Waals surface area contributed by atoms with Crippen LogP contribution in [0, 0.1) is 0 Å². The molecule has 0 saturated carbocycles. The highest BCUT2D eigenvalue weighted by molar-refractivity contribution is 7.90. The summed E-state index contributed by atoms with van der Waals surface area (Å²) in [6.07, 6.45) is -1.09. The van der Waals surface area contributed by atoms with Gasteiger partial charge in [-0.15, -0.1) is 0 Å². The third kappa shape index (κ3) is 4.54. The van der Waals surface area contributed by atoms with E-state index >= 15 is 0 Å². The maximum absolute atomic E-state index is 12.1. The van der Waals surface area contributed by atoms with Crippen LogP contribution in [-0.4, -0.2) is 21.1 Å². The lowest BCUT2D eigenvalue weighted by Gasteiger charge is -2.13. The highest BCUT2D eigenvalue weighted by atomic mass is 35.5. The van der Waals surface area contributed by atoms with Gasteiger partial charge in [-0.2, -0.15) is 0 Å². The van der Waals surface area contributed by atoms with Crippen LogP contribution in [0.4, 0.5) is 4.79 Å². The fourth-order valence-corrected chi connectivity index (χ4v) is 2.85. The fourth-order valence-electron chi connectivity index (χ4n) is 1.54. The van der Waals surface area contributed by atoms with Gasteiger partial charge in [0.25, 0.3) is 10.0 Å². The average molecular weight is 318 g/mol. The second-order valence-corrected chi connectivity index (χ2v) is 6.58. The van der Waals surface area contributed by atoms with Crippen molar-refractivity contribution in [1.29, 1.82) is 0 Å². The molecule has 1 amide bonds. The van der Waals surface area contributed by atoms with Gasteiger partial charge in [0.15, 0.2) is 0 Å². The molecule has 0 aromatic heterocycles. The number of amides is 1. The molecule has 1 aromatic rings. The van der Waals surface area contributed by atoms with Crippen LogP contribution < -0.4 is 4.72 Å². The molecule has 0 bridgehead atoms. The molecular formula is C13H16ClNO4S. The predicted molar refractivity (Wildman–Crippen MR) is 77.2 cm³/mol. The first kappa shape index (κ1) is 16.5. The number of nitrogens with one attached hydrogen (secondary N) is 1. The van der Waals surface area contributed by atoms with E-state index in [1.807, 2.05) is 18.6 Å². The quantitative estimate of drug-likeness (QED) is 0.906. The van der Waals surface area contributed by atoms with E-state index in [1.54, 1.807) is 18.2 Å². The van der Waals surface area contributed by atoms with Gasteiger partial charge in [-0.25, -0.2) is 17.9 Å². The number of halogens is 1. The molecule has 20 heavy (non-hydrogen) atoms. The molecule has 0 aliphatic rings. The number of ether oxygens (including phenoxy) is 1. The molecule has 7 heteroatoms. The van der Waals surface area contributed by atoms with Crippen LogP contribution in [0.1, 0.15) is 25.3 Å². The second-order valence-electron chi connectivity index (χ2n) is 4.39. The normalized spacial score (nSPS) is 11.2. The molecule has 0 saturated heterocycles. The van der Waals surface area contributed by atoms with Gasteiger partial charge in [0.05, 0.1) is 4.90 Å². The van der Waals surface area contributed by atoms with E-state index in [4.69, 9.17) is 11.6 Å². The fraction of sp³-hybridized carbons (Fsp3) is 0.308. The number of carbonyl (C=O) groups excluding carboxylic acids is 1. The summed E-state index contributed by atoms with van der Waals surface area (Å²) in [5.41, 5.74) is 0.620. The molecule has 0 radical (unpaired) electrons. The Balaban J connectivity index is 2.95. The maximum atomic E-state index is 12.1. The van der Waals surface area contributed by atoms with Crippen molar-refractivity contribution in [3.63, 3.8) is 0 Å². The first-order chi connectivity index (χ1) is 9.24. The predicted octanol–water partition coefficient (Wildman–Crippen LogP) is 2.98. The largest absolute Gasteiger partial charge is 0.443 e. The lowest BCUT2D eigenvalue weighted by Crippen LogP contribution is -2.32. The number of hydrogen-bond acceptors (Lipinski definition) is 4. The van der Waals surface area contributed by atoms with Crippen molar-refractivity contribution in [1.82, 2.24) is 4.72 Å². The lowest BCUT2D eigenvalue weighted by molar-refractivity contribution is 0.164. The molecule has 0 fully saturated rings. The van der Waals surface area contributed by atoms with Crippen LogP contribution in [-0.2, 0) is 14.8 Å². The summed E-state index contributed by atoms with van der Waals surface area (Å²) >= 11 is 5.43. The summed E-state index contributed by atoms with van der Waals surface area (Å²) in [5.74, 6) is 0.00131. The monoisotopic (exact) mass is 317 g/mol. The number of benzene rings is 1. The van der Waals surface area contributed by atoms with Crippen molar-refractivity contribution in [2.24, 2.45) is 0 Å². The van der Waals surface area contributed by atoms with Gasteiger partial charge >= 0.3 is 6.09 Å². The molecule has 0 aliphatic heterocycles. The summed E-state index contributed by atoms with van der Waals surface area (Å²) in [5, 5.41) is 0.0973. The van der Waals surface area contributed by atoms with Crippen molar-refractivity contribution >= 4 is 27.7 Å². The molecular weight excluding hydrogens is 302 g/mol. The van der Waals surface area contributed by atoms with E-state index in [-0.39, 0.29) is 22.5 Å². The first-order valence-electron chi connectivity index (χ1n) is 5.86. The van der Waals surface area contributed by atoms with Crippen LogP contribution in [0.3, 0.4) is 0 Å². The topological polar surface area (TPSA) is 72.5 Å². The van der Waals surface area contributed by atoms with E-state index in [2.05, 4.69) is 11.3 Å². The first-order valence-corrected chi connectivity index (χ1v) is 7.72. The van der Waals surface area contributed by atoms with Crippen LogP contribution in [0.25, 0.3) is 0 Å². The van der Waals surface area contributed by atoms with Crippen LogP contribution >= 0.6 is 11.6 Å². The highest BCUT2D eigenvalue weighted by Gasteiger charge is 2.22. The molecule has 0 spiro atoms. The zero-order valence-corrected chi connectivity index (χ0v) is 12.8. The van der Waals surface area contributed by atoms with E-state index in [0.717, 1.165) is 0 Å². The Morgan fingerprint density at radius 2 is 2.00 bits per heavy atom. The number of sulfonamides is 1. The summed E-state index contributed by atoms with van der Waals surface area (Å²) in [4.78, 5) is 11.5. The van der Waals surface area contributed by atoms with Crippen molar-refractivity contribution in [2.45, 2.75) is 24.7 Å². The van der Waals surface area contributed by atoms with Crippen LogP contribution in [0.5, 0.6) is 0 Å². The Kier molecular flexibility index (Phi) is 5.59. The summed E-state index contributed by atoms with van der Waals surface area (Å²) in [7, 11) is -3.98. The molecule has 110 valence electrons. The number of carbonyl (C=O) groups is 1. The zero-order valence-electron chi connectivity index (χ0n) is 11.2. The summed E-state index contributed by atoms with van der Waals surface area (Å²) < 4.78 is 30.7. The minimum absolute atomic E-state index is 0.00131. The van der Waals surface area contributed by atoms with E-state index in [9.17, 15) is 13.2 Å². The van der Waals surface area contributed by atoms with Gasteiger partial charge in [0.1, 0.15) is 6.61 Å². The van der Waals surface area contributed by atoms with Gasteiger partial charge in [-0.3, -0.25) is 0 Å². The molecule has 0 atom stereocenters. The molecule has 0 unspecified atom stereocenters. The number of rotatable bonds is 5. The van der Waals surface area contributed by atoms with Gasteiger partial charge in [0, 0.05) is 5.03 Å². The van der Waals surface area contributed by atoms with Crippen molar-refractivity contribution in [3.05, 3.63) is 41.4 Å². The molecule has 1 N–H and O–H groups in total. The lowest BCUT2D eigenvalue weighted by atomic mass is 10.0. The third-order valence-electron chi connectivity index (χ3n) is 2.41. The average Bonchev–Trinajstić information content (AvgIpc) is 2.36. The minimum Gasteiger partial charge on any atom is -0.443 e. The number of hydrogen-bond donors (Lipinski definition) is 1. The summed E-state index contributed by atoms with van der Waals surface area (Å²) in [6, 6.07) is 6.47. The Bertz CT molecular complexity index is 611. The molecule has 1 rings (SSSR count). The maximum Gasteiger partial charge on any atom is 0.421 e. The molecule has 0 aliphatic carbocycles. The molecule has 5 nitrogen and oxygen atoms in total.